The first-order valence-corrected chi connectivity index (χ1v) is 7.62. The number of likely N-dealkylation sites (N-methyl/N-ethyl adjacent to an activating group) is 1. The van der Waals surface area contributed by atoms with E-state index in [1.165, 1.54) is 16.7 Å². The number of rotatable bonds is 7. The zero-order valence-electron chi connectivity index (χ0n) is 13.3. The SMILES string of the molecule is CCCn1cc(C(CN)N(C)Cc2ccc(C)cc2)cn1. The Balaban J connectivity index is 2.06. The number of aryl methyl sites for hydroxylation is 2. The van der Waals surface area contributed by atoms with E-state index in [1.54, 1.807) is 0 Å². The standard InChI is InChI=1S/C17H26N4/c1-4-9-21-13-16(11-19-21)17(10-18)20(3)12-15-7-5-14(2)6-8-15/h5-8,11,13,17H,4,9-10,12,18H2,1-3H3. The number of nitrogens with two attached hydrogens (primary N) is 1. The minimum Gasteiger partial charge on any atom is -0.329 e. The predicted octanol–water partition coefficient (Wildman–Crippen LogP) is 2.73. The minimum atomic E-state index is 0.205. The van der Waals surface area contributed by atoms with Crippen molar-refractivity contribution in [2.75, 3.05) is 13.6 Å². The fourth-order valence-corrected chi connectivity index (χ4v) is 2.57. The highest BCUT2D eigenvalue weighted by Crippen LogP contribution is 2.20. The van der Waals surface area contributed by atoms with E-state index in [9.17, 15) is 0 Å². The Bertz CT molecular complexity index is 544. The van der Waals surface area contributed by atoms with Gasteiger partial charge in [-0.2, -0.15) is 5.10 Å². The third-order valence-electron chi connectivity index (χ3n) is 3.80. The lowest BCUT2D eigenvalue weighted by atomic mass is 10.1. The van der Waals surface area contributed by atoms with Crippen LogP contribution in [0, 0.1) is 6.92 Å². The van der Waals surface area contributed by atoms with E-state index >= 15 is 0 Å². The molecule has 2 aromatic rings. The van der Waals surface area contributed by atoms with Crippen molar-refractivity contribution < 1.29 is 0 Å². The molecule has 0 radical (unpaired) electrons. The van der Waals surface area contributed by atoms with Crippen LogP contribution in [0.4, 0.5) is 0 Å². The summed E-state index contributed by atoms with van der Waals surface area (Å²) in [6, 6.07) is 8.87. The zero-order chi connectivity index (χ0) is 15.2. The Labute approximate surface area is 127 Å². The third-order valence-corrected chi connectivity index (χ3v) is 3.80. The van der Waals surface area contributed by atoms with E-state index < -0.39 is 0 Å². The van der Waals surface area contributed by atoms with Crippen LogP contribution < -0.4 is 5.73 Å². The molecular formula is C17H26N4. The Morgan fingerprint density at radius 3 is 2.62 bits per heavy atom. The van der Waals surface area contributed by atoms with Crippen molar-refractivity contribution in [3.8, 4) is 0 Å². The van der Waals surface area contributed by atoms with Crippen LogP contribution in [0.3, 0.4) is 0 Å². The first kappa shape index (κ1) is 15.7. The normalized spacial score (nSPS) is 12.8. The Morgan fingerprint density at radius 2 is 2.00 bits per heavy atom. The second-order valence-electron chi connectivity index (χ2n) is 5.69. The van der Waals surface area contributed by atoms with Gasteiger partial charge in [0.05, 0.1) is 12.2 Å². The van der Waals surface area contributed by atoms with Gasteiger partial charge in [0.25, 0.3) is 0 Å². The van der Waals surface area contributed by atoms with Crippen LogP contribution in [0.15, 0.2) is 36.7 Å². The molecule has 4 nitrogen and oxygen atoms in total. The molecule has 2 rings (SSSR count). The van der Waals surface area contributed by atoms with Gasteiger partial charge in [0.15, 0.2) is 0 Å². The molecule has 0 saturated heterocycles. The first-order chi connectivity index (χ1) is 10.1. The summed E-state index contributed by atoms with van der Waals surface area (Å²) < 4.78 is 2.00. The molecule has 1 unspecified atom stereocenters. The molecule has 1 heterocycles. The monoisotopic (exact) mass is 286 g/mol. The zero-order valence-corrected chi connectivity index (χ0v) is 13.3. The average molecular weight is 286 g/mol. The third kappa shape index (κ3) is 4.16. The van der Waals surface area contributed by atoms with Gasteiger partial charge < -0.3 is 5.73 Å². The second-order valence-corrected chi connectivity index (χ2v) is 5.69. The quantitative estimate of drug-likeness (QED) is 0.851. The van der Waals surface area contributed by atoms with Crippen molar-refractivity contribution in [1.29, 1.82) is 0 Å². The van der Waals surface area contributed by atoms with Gasteiger partial charge >= 0.3 is 0 Å². The maximum Gasteiger partial charge on any atom is 0.0538 e. The molecule has 114 valence electrons. The van der Waals surface area contributed by atoms with Crippen molar-refractivity contribution in [3.63, 3.8) is 0 Å². The summed E-state index contributed by atoms with van der Waals surface area (Å²) in [7, 11) is 2.12. The number of hydrogen-bond acceptors (Lipinski definition) is 3. The van der Waals surface area contributed by atoms with Gasteiger partial charge in [-0.1, -0.05) is 36.8 Å². The lowest BCUT2D eigenvalue weighted by molar-refractivity contribution is 0.241. The van der Waals surface area contributed by atoms with Crippen LogP contribution >= 0.6 is 0 Å². The van der Waals surface area contributed by atoms with Crippen molar-refractivity contribution in [2.45, 2.75) is 39.4 Å². The number of aromatic nitrogens is 2. The smallest absolute Gasteiger partial charge is 0.0538 e. The molecule has 1 aromatic heterocycles. The Hall–Kier alpha value is -1.65. The van der Waals surface area contributed by atoms with Gasteiger partial charge in [0.1, 0.15) is 0 Å². The predicted molar refractivity (Wildman–Crippen MR) is 87.0 cm³/mol. The molecule has 0 saturated carbocycles. The number of nitrogens with zero attached hydrogens (tertiary/aromatic N) is 3. The summed E-state index contributed by atoms with van der Waals surface area (Å²) in [5.74, 6) is 0. The van der Waals surface area contributed by atoms with Crippen LogP contribution in [0.25, 0.3) is 0 Å². The van der Waals surface area contributed by atoms with E-state index in [4.69, 9.17) is 5.73 Å². The maximum absolute atomic E-state index is 5.99. The summed E-state index contributed by atoms with van der Waals surface area (Å²) in [6.45, 7) is 6.71. The highest BCUT2D eigenvalue weighted by atomic mass is 15.3. The summed E-state index contributed by atoms with van der Waals surface area (Å²) in [5, 5.41) is 4.41. The van der Waals surface area contributed by atoms with Crippen LogP contribution in [0.5, 0.6) is 0 Å². The van der Waals surface area contributed by atoms with Gasteiger partial charge in [-0.15, -0.1) is 0 Å². The van der Waals surface area contributed by atoms with Crippen LogP contribution in [0.2, 0.25) is 0 Å². The molecule has 21 heavy (non-hydrogen) atoms. The molecule has 0 fully saturated rings. The van der Waals surface area contributed by atoms with E-state index in [1.807, 2.05) is 10.9 Å². The van der Waals surface area contributed by atoms with Crippen LogP contribution in [0.1, 0.15) is 36.1 Å². The molecule has 4 heteroatoms. The van der Waals surface area contributed by atoms with Crippen LogP contribution in [-0.2, 0) is 13.1 Å². The molecule has 0 aliphatic carbocycles. The number of hydrogen-bond donors (Lipinski definition) is 1. The summed E-state index contributed by atoms with van der Waals surface area (Å²) >= 11 is 0. The first-order valence-electron chi connectivity index (χ1n) is 7.62. The lowest BCUT2D eigenvalue weighted by Gasteiger charge is -2.26. The van der Waals surface area contributed by atoms with E-state index in [2.05, 4.69) is 61.4 Å². The van der Waals surface area contributed by atoms with Crippen molar-refractivity contribution in [3.05, 3.63) is 53.3 Å². The van der Waals surface area contributed by atoms with E-state index in [-0.39, 0.29) is 6.04 Å². The highest BCUT2D eigenvalue weighted by molar-refractivity contribution is 5.21. The van der Waals surface area contributed by atoms with Gasteiger partial charge in [0, 0.05) is 31.4 Å². The van der Waals surface area contributed by atoms with Crippen LogP contribution in [-0.4, -0.2) is 28.3 Å². The number of benzene rings is 1. The minimum absolute atomic E-state index is 0.205. The van der Waals surface area contributed by atoms with Gasteiger partial charge in [0.2, 0.25) is 0 Å². The molecule has 0 amide bonds. The molecule has 0 aliphatic heterocycles. The molecule has 0 bridgehead atoms. The van der Waals surface area contributed by atoms with Gasteiger partial charge in [-0.3, -0.25) is 9.58 Å². The Morgan fingerprint density at radius 1 is 1.29 bits per heavy atom. The second kappa shape index (κ2) is 7.38. The highest BCUT2D eigenvalue weighted by Gasteiger charge is 2.17. The lowest BCUT2D eigenvalue weighted by Crippen LogP contribution is -2.30. The van der Waals surface area contributed by atoms with Crippen molar-refractivity contribution in [2.24, 2.45) is 5.73 Å². The molecule has 1 aromatic carbocycles. The van der Waals surface area contributed by atoms with E-state index in [0.717, 1.165) is 19.5 Å². The summed E-state index contributed by atoms with van der Waals surface area (Å²) in [5.41, 5.74) is 9.78. The maximum atomic E-state index is 5.99. The molecular weight excluding hydrogens is 260 g/mol. The molecule has 2 N–H and O–H groups in total. The Kier molecular flexibility index (Phi) is 5.53. The summed E-state index contributed by atoms with van der Waals surface area (Å²) in [4.78, 5) is 2.29. The molecule has 0 aliphatic rings. The average Bonchev–Trinajstić information content (AvgIpc) is 2.91. The van der Waals surface area contributed by atoms with Gasteiger partial charge in [-0.25, -0.2) is 0 Å². The van der Waals surface area contributed by atoms with Crippen molar-refractivity contribution in [1.82, 2.24) is 14.7 Å². The summed E-state index contributed by atoms with van der Waals surface area (Å²) in [6.07, 6.45) is 5.15. The molecule has 0 spiro atoms. The van der Waals surface area contributed by atoms with E-state index in [0.29, 0.717) is 6.54 Å². The topological polar surface area (TPSA) is 47.1 Å². The molecule has 1 atom stereocenters. The van der Waals surface area contributed by atoms with Crippen molar-refractivity contribution >= 4 is 0 Å². The fraction of sp³-hybridized carbons (Fsp3) is 0.471. The fourth-order valence-electron chi connectivity index (χ4n) is 2.57. The van der Waals surface area contributed by atoms with Gasteiger partial charge in [-0.05, 0) is 26.0 Å². The largest absolute Gasteiger partial charge is 0.329 e.